The fraction of sp³-hybridized carbons (Fsp3) is 0.333. The molecule has 1 aliphatic rings. The molecule has 7 nitrogen and oxygen atoms in total. The molecule has 0 saturated heterocycles. The summed E-state index contributed by atoms with van der Waals surface area (Å²) in [4.78, 5) is 23.4. The highest BCUT2D eigenvalue weighted by molar-refractivity contribution is 7.88. The topological polar surface area (TPSA) is 113 Å². The number of hydrogen-bond acceptors (Lipinski definition) is 4. The van der Waals surface area contributed by atoms with Gasteiger partial charge in [-0.1, -0.05) is 36.4 Å². The van der Waals surface area contributed by atoms with Crippen LogP contribution in [0.1, 0.15) is 25.3 Å². The van der Waals surface area contributed by atoms with Gasteiger partial charge in [0.2, 0.25) is 15.9 Å². The van der Waals surface area contributed by atoms with Crippen molar-refractivity contribution in [1.29, 1.82) is 0 Å². The lowest BCUT2D eigenvalue weighted by molar-refractivity contribution is -0.142. The fourth-order valence-corrected chi connectivity index (χ4v) is 3.98. The van der Waals surface area contributed by atoms with E-state index in [1.54, 1.807) is 43.3 Å². The van der Waals surface area contributed by atoms with E-state index in [-0.39, 0.29) is 12.2 Å². The highest BCUT2D eigenvalue weighted by atomic mass is 32.2. The molecule has 0 bridgehead atoms. The number of hydrogen-bond donors (Lipinski definition) is 3. The Bertz CT molecular complexity index is 742. The zero-order valence-corrected chi connectivity index (χ0v) is 13.4. The van der Waals surface area contributed by atoms with E-state index in [9.17, 15) is 18.0 Å². The third kappa shape index (κ3) is 4.40. The smallest absolute Gasteiger partial charge is 0.305 e. The number of benzene rings is 1. The molecule has 0 aliphatic carbocycles. The molecule has 23 heavy (non-hydrogen) atoms. The zero-order valence-electron chi connectivity index (χ0n) is 12.6. The number of nitrogens with one attached hydrogen (secondary N) is 2. The SMILES string of the molecule is CC1=CCC(CC(=O)O)(NS(=O)(=O)Cc2ccccc2)C(=O)N1. The number of rotatable bonds is 6. The lowest BCUT2D eigenvalue weighted by Crippen LogP contribution is -2.61. The van der Waals surface area contributed by atoms with Crippen LogP contribution in [0.5, 0.6) is 0 Å². The Labute approximate surface area is 134 Å². The highest BCUT2D eigenvalue weighted by Crippen LogP contribution is 2.24. The molecule has 1 heterocycles. The largest absolute Gasteiger partial charge is 0.481 e. The highest BCUT2D eigenvalue weighted by Gasteiger charge is 2.44. The van der Waals surface area contributed by atoms with Crippen molar-refractivity contribution in [2.75, 3.05) is 0 Å². The summed E-state index contributed by atoms with van der Waals surface area (Å²) >= 11 is 0. The maximum atomic E-state index is 12.4. The van der Waals surface area contributed by atoms with Crippen LogP contribution in [0, 0.1) is 0 Å². The van der Waals surface area contributed by atoms with Crippen LogP contribution >= 0.6 is 0 Å². The first-order valence-corrected chi connectivity index (χ1v) is 8.63. The number of sulfonamides is 1. The fourth-order valence-electron chi connectivity index (χ4n) is 2.43. The number of allylic oxidation sites excluding steroid dienone is 1. The Kier molecular flexibility index (Phi) is 4.86. The molecule has 124 valence electrons. The molecular weight excluding hydrogens is 320 g/mol. The van der Waals surface area contributed by atoms with Gasteiger partial charge in [-0.3, -0.25) is 9.59 Å². The molecule has 1 aliphatic heterocycles. The van der Waals surface area contributed by atoms with Crippen molar-refractivity contribution in [3.05, 3.63) is 47.7 Å². The molecule has 1 unspecified atom stereocenters. The zero-order chi connectivity index (χ0) is 17.1. The standard InChI is InChI=1S/C15H18N2O5S/c1-11-7-8-15(9-13(18)19,14(20)16-11)17-23(21,22)10-12-5-3-2-4-6-12/h2-7,17H,8-10H2,1H3,(H,16,20)(H,18,19). The van der Waals surface area contributed by atoms with Crippen molar-refractivity contribution in [2.24, 2.45) is 0 Å². The van der Waals surface area contributed by atoms with Gasteiger partial charge in [-0.2, -0.15) is 4.72 Å². The number of carboxylic acid groups (broad SMARTS) is 1. The summed E-state index contributed by atoms with van der Waals surface area (Å²) in [5.41, 5.74) is -0.592. The molecule has 0 radical (unpaired) electrons. The number of aliphatic carboxylic acids is 1. The Balaban J connectivity index is 2.27. The first-order chi connectivity index (χ1) is 10.7. The van der Waals surface area contributed by atoms with Crippen molar-refractivity contribution >= 4 is 21.9 Å². The van der Waals surface area contributed by atoms with E-state index >= 15 is 0 Å². The molecule has 8 heteroatoms. The Morgan fingerprint density at radius 1 is 1.35 bits per heavy atom. The third-order valence-corrected chi connectivity index (χ3v) is 4.92. The number of carbonyl (C=O) groups excluding carboxylic acids is 1. The van der Waals surface area contributed by atoms with Crippen LogP contribution in [0.3, 0.4) is 0 Å². The predicted molar refractivity (Wildman–Crippen MR) is 83.7 cm³/mol. The summed E-state index contributed by atoms with van der Waals surface area (Å²) in [6.07, 6.45) is 0.969. The molecule has 0 aromatic heterocycles. The van der Waals surface area contributed by atoms with Crippen molar-refractivity contribution in [2.45, 2.75) is 31.1 Å². The van der Waals surface area contributed by atoms with Crippen LogP contribution in [-0.2, 0) is 25.4 Å². The van der Waals surface area contributed by atoms with Crippen molar-refractivity contribution in [3.63, 3.8) is 0 Å². The lowest BCUT2D eigenvalue weighted by Gasteiger charge is -2.34. The summed E-state index contributed by atoms with van der Waals surface area (Å²) in [5, 5.41) is 11.6. The van der Waals surface area contributed by atoms with Crippen molar-refractivity contribution < 1.29 is 23.1 Å². The molecule has 3 N–H and O–H groups in total. The summed E-state index contributed by atoms with van der Waals surface area (Å²) in [6, 6.07) is 8.47. The van der Waals surface area contributed by atoms with Gasteiger partial charge < -0.3 is 10.4 Å². The van der Waals surface area contributed by atoms with E-state index in [0.29, 0.717) is 11.3 Å². The molecule has 1 atom stereocenters. The molecule has 0 fully saturated rings. The lowest BCUT2D eigenvalue weighted by atomic mass is 9.88. The first-order valence-electron chi connectivity index (χ1n) is 6.98. The second-order valence-corrected chi connectivity index (χ2v) is 7.27. The van der Waals surface area contributed by atoms with E-state index in [4.69, 9.17) is 5.11 Å². The minimum Gasteiger partial charge on any atom is -0.481 e. The number of carboxylic acids is 1. The van der Waals surface area contributed by atoms with Crippen LogP contribution in [0.25, 0.3) is 0 Å². The van der Waals surface area contributed by atoms with Gasteiger partial charge in [-0.25, -0.2) is 8.42 Å². The maximum absolute atomic E-state index is 12.4. The summed E-state index contributed by atoms with van der Waals surface area (Å²) in [6.45, 7) is 1.65. The van der Waals surface area contributed by atoms with Crippen molar-refractivity contribution in [3.8, 4) is 0 Å². The van der Waals surface area contributed by atoms with Gasteiger partial charge in [0.05, 0.1) is 12.2 Å². The van der Waals surface area contributed by atoms with Gasteiger partial charge in [0.15, 0.2) is 0 Å². The van der Waals surface area contributed by atoms with Gasteiger partial charge in [0.1, 0.15) is 5.54 Å². The van der Waals surface area contributed by atoms with Crippen LogP contribution < -0.4 is 10.0 Å². The molecule has 1 aromatic rings. The summed E-state index contributed by atoms with van der Waals surface area (Å²) in [5.74, 6) is -2.24. The minimum absolute atomic E-state index is 0.00894. The second-order valence-electron chi connectivity index (χ2n) is 5.54. The Hall–Kier alpha value is -2.19. The monoisotopic (exact) mass is 338 g/mol. The number of amides is 1. The van der Waals surface area contributed by atoms with Crippen LogP contribution in [0.15, 0.2) is 42.1 Å². The molecule has 2 rings (SSSR count). The Morgan fingerprint density at radius 2 is 2.00 bits per heavy atom. The van der Waals surface area contributed by atoms with E-state index in [2.05, 4.69) is 10.0 Å². The maximum Gasteiger partial charge on any atom is 0.305 e. The average Bonchev–Trinajstić information content (AvgIpc) is 2.43. The van der Waals surface area contributed by atoms with Gasteiger partial charge in [-0.05, 0) is 18.9 Å². The average molecular weight is 338 g/mol. The molecular formula is C15H18N2O5S. The molecule has 0 saturated carbocycles. The van der Waals surface area contributed by atoms with E-state index < -0.39 is 33.9 Å². The predicted octanol–water partition coefficient (Wildman–Crippen LogP) is 0.743. The Morgan fingerprint density at radius 3 is 2.57 bits per heavy atom. The van der Waals surface area contributed by atoms with Crippen LogP contribution in [-0.4, -0.2) is 30.9 Å². The van der Waals surface area contributed by atoms with Gasteiger partial charge in [0, 0.05) is 5.70 Å². The molecule has 0 spiro atoms. The quantitative estimate of drug-likeness (QED) is 0.708. The van der Waals surface area contributed by atoms with Gasteiger partial charge in [0.25, 0.3) is 0 Å². The molecule has 1 aromatic carbocycles. The number of carbonyl (C=O) groups is 2. The summed E-state index contributed by atoms with van der Waals surface area (Å²) in [7, 11) is -3.89. The van der Waals surface area contributed by atoms with Crippen molar-refractivity contribution in [1.82, 2.24) is 10.0 Å². The van der Waals surface area contributed by atoms with Crippen LogP contribution in [0.2, 0.25) is 0 Å². The second kappa shape index (κ2) is 6.51. The van der Waals surface area contributed by atoms with E-state index in [1.807, 2.05) is 0 Å². The first kappa shape index (κ1) is 17.2. The van der Waals surface area contributed by atoms with Gasteiger partial charge in [-0.15, -0.1) is 0 Å². The summed E-state index contributed by atoms with van der Waals surface area (Å²) < 4.78 is 27.0. The van der Waals surface area contributed by atoms with Gasteiger partial charge >= 0.3 is 5.97 Å². The van der Waals surface area contributed by atoms with E-state index in [1.165, 1.54) is 0 Å². The minimum atomic E-state index is -3.89. The van der Waals surface area contributed by atoms with E-state index in [0.717, 1.165) is 0 Å². The van der Waals surface area contributed by atoms with Crippen LogP contribution in [0.4, 0.5) is 0 Å². The third-order valence-electron chi connectivity index (χ3n) is 3.51. The molecule has 1 amide bonds. The normalized spacial score (nSPS) is 21.4.